The van der Waals surface area contributed by atoms with Gasteiger partial charge in [-0.2, -0.15) is 0 Å². The highest BCUT2D eigenvalue weighted by Gasteiger charge is 2.36. The lowest BCUT2D eigenvalue weighted by Crippen LogP contribution is -2.07. The zero-order valence-electron chi connectivity index (χ0n) is 10.7. The first-order chi connectivity index (χ1) is 9.70. The van der Waals surface area contributed by atoms with Gasteiger partial charge in [-0.15, -0.1) is 5.10 Å². The predicted molar refractivity (Wildman–Crippen MR) is 77.0 cm³/mol. The average molecular weight is 310 g/mol. The summed E-state index contributed by atoms with van der Waals surface area (Å²) in [7, 11) is 0. The topological polar surface area (TPSA) is 30.7 Å². The number of hydrogen-bond donors (Lipinski definition) is 0. The van der Waals surface area contributed by atoms with Gasteiger partial charge in [0, 0.05) is 16.7 Å². The van der Waals surface area contributed by atoms with Crippen LogP contribution < -0.4 is 0 Å². The summed E-state index contributed by atoms with van der Waals surface area (Å²) in [5.41, 5.74) is 0.992. The Kier molecular flexibility index (Phi) is 3.00. The Morgan fingerprint density at radius 3 is 2.95 bits per heavy atom. The maximum atomic E-state index is 14.2. The molecule has 0 spiro atoms. The first-order valence-electron chi connectivity index (χ1n) is 6.73. The smallest absolute Gasteiger partial charge is 0.209 e. The Morgan fingerprint density at radius 1 is 1.35 bits per heavy atom. The minimum absolute atomic E-state index is 0.0975. The highest BCUT2D eigenvalue weighted by molar-refractivity contribution is 8.00. The van der Waals surface area contributed by atoms with Crippen molar-refractivity contribution in [3.8, 4) is 0 Å². The molecule has 4 rings (SSSR count). The number of halogens is 2. The van der Waals surface area contributed by atoms with E-state index in [9.17, 15) is 4.39 Å². The molecular weight excluding hydrogens is 297 g/mol. The van der Waals surface area contributed by atoms with Gasteiger partial charge in [0.2, 0.25) is 5.16 Å². The third kappa shape index (κ3) is 2.23. The molecular formula is C14H13ClFN3S. The Morgan fingerprint density at radius 2 is 2.20 bits per heavy atom. The van der Waals surface area contributed by atoms with Crippen molar-refractivity contribution in [3.63, 3.8) is 0 Å². The normalized spacial score (nSPS) is 24.9. The zero-order chi connectivity index (χ0) is 13.7. The van der Waals surface area contributed by atoms with E-state index in [1.807, 2.05) is 24.3 Å². The molecule has 104 valence electrons. The molecule has 0 radical (unpaired) electrons. The van der Waals surface area contributed by atoms with Gasteiger partial charge in [0.15, 0.2) is 12.0 Å². The molecule has 0 bridgehead atoms. The fourth-order valence-electron chi connectivity index (χ4n) is 2.54. The van der Waals surface area contributed by atoms with Crippen molar-refractivity contribution in [2.75, 3.05) is 0 Å². The maximum Gasteiger partial charge on any atom is 0.209 e. The van der Waals surface area contributed by atoms with E-state index in [1.165, 1.54) is 12.8 Å². The Hall–Kier alpha value is -1.07. The summed E-state index contributed by atoms with van der Waals surface area (Å²) in [6.45, 7) is 0. The van der Waals surface area contributed by atoms with Crippen LogP contribution in [0.5, 0.6) is 0 Å². The summed E-state index contributed by atoms with van der Waals surface area (Å²) in [6.07, 6.45) is 1.78. The van der Waals surface area contributed by atoms with Crippen molar-refractivity contribution in [3.05, 3.63) is 40.7 Å². The summed E-state index contributed by atoms with van der Waals surface area (Å²) >= 11 is 7.69. The minimum atomic E-state index is -1.04. The van der Waals surface area contributed by atoms with Gasteiger partial charge in [0.25, 0.3) is 0 Å². The molecule has 2 aromatic rings. The number of alkyl halides is 1. The quantitative estimate of drug-likeness (QED) is 0.851. The molecule has 3 nitrogen and oxygen atoms in total. The van der Waals surface area contributed by atoms with Crippen molar-refractivity contribution < 1.29 is 4.39 Å². The van der Waals surface area contributed by atoms with Crippen LogP contribution in [0.25, 0.3) is 0 Å². The lowest BCUT2D eigenvalue weighted by atomic mass is 10.0. The molecule has 1 aliphatic heterocycles. The lowest BCUT2D eigenvalue weighted by molar-refractivity contribution is 0.327. The molecule has 0 saturated heterocycles. The molecule has 1 aliphatic carbocycles. The molecule has 2 atom stereocenters. The van der Waals surface area contributed by atoms with Crippen LogP contribution in [0.1, 0.15) is 42.9 Å². The van der Waals surface area contributed by atoms with Crippen LogP contribution in [0.15, 0.2) is 29.4 Å². The third-order valence-electron chi connectivity index (χ3n) is 3.67. The molecule has 0 N–H and O–H groups in total. The van der Waals surface area contributed by atoms with Gasteiger partial charge in [0.05, 0.1) is 6.04 Å². The van der Waals surface area contributed by atoms with E-state index in [1.54, 1.807) is 16.4 Å². The van der Waals surface area contributed by atoms with Gasteiger partial charge in [-0.3, -0.25) is 0 Å². The monoisotopic (exact) mass is 309 g/mol. The molecule has 1 aromatic carbocycles. The second kappa shape index (κ2) is 4.74. The van der Waals surface area contributed by atoms with Crippen LogP contribution in [-0.4, -0.2) is 20.0 Å². The van der Waals surface area contributed by atoms with Crippen LogP contribution in [0.3, 0.4) is 0 Å². The Labute approximate surface area is 125 Å². The molecule has 20 heavy (non-hydrogen) atoms. The van der Waals surface area contributed by atoms with E-state index in [4.69, 9.17) is 11.6 Å². The van der Waals surface area contributed by atoms with Gasteiger partial charge in [-0.25, -0.2) is 14.1 Å². The summed E-state index contributed by atoms with van der Waals surface area (Å²) in [6, 6.07) is 7.46. The fraction of sp³-hybridized carbons (Fsp3) is 0.429. The number of nitrogens with zero attached hydrogens (tertiary/aromatic N) is 3. The SMILES string of the molecule is FC1CC(c2cccc(Cl)c2)n2nc(SC3CC3)nc21. The second-order valence-corrected chi connectivity index (χ2v) is 6.99. The van der Waals surface area contributed by atoms with Crippen molar-refractivity contribution in [2.24, 2.45) is 0 Å². The van der Waals surface area contributed by atoms with E-state index >= 15 is 0 Å². The van der Waals surface area contributed by atoms with Crippen molar-refractivity contribution in [1.82, 2.24) is 14.8 Å². The first-order valence-corrected chi connectivity index (χ1v) is 7.99. The van der Waals surface area contributed by atoms with Crippen LogP contribution in [0, 0.1) is 0 Å². The Bertz CT molecular complexity index is 656. The molecule has 2 unspecified atom stereocenters. The zero-order valence-corrected chi connectivity index (χ0v) is 12.2. The molecule has 6 heteroatoms. The molecule has 2 aliphatic rings. The van der Waals surface area contributed by atoms with Crippen LogP contribution in [0.4, 0.5) is 4.39 Å². The number of rotatable bonds is 3. The summed E-state index contributed by atoms with van der Waals surface area (Å²) in [4.78, 5) is 4.36. The number of aromatic nitrogens is 3. The van der Waals surface area contributed by atoms with Gasteiger partial charge in [-0.05, 0) is 30.5 Å². The van der Waals surface area contributed by atoms with E-state index in [0.29, 0.717) is 27.7 Å². The number of hydrogen-bond acceptors (Lipinski definition) is 3. The predicted octanol–water partition coefficient (Wildman–Crippen LogP) is 4.19. The van der Waals surface area contributed by atoms with Crippen LogP contribution >= 0.6 is 23.4 Å². The van der Waals surface area contributed by atoms with Crippen molar-refractivity contribution in [2.45, 2.75) is 41.9 Å². The lowest BCUT2D eigenvalue weighted by Gasteiger charge is -2.11. The van der Waals surface area contributed by atoms with Crippen molar-refractivity contribution in [1.29, 1.82) is 0 Å². The minimum Gasteiger partial charge on any atom is -0.239 e. The molecule has 1 fully saturated rings. The number of thioether (sulfide) groups is 1. The molecule has 2 heterocycles. The first kappa shape index (κ1) is 12.7. The molecule has 1 saturated carbocycles. The second-order valence-electron chi connectivity index (χ2n) is 5.29. The van der Waals surface area contributed by atoms with Crippen molar-refractivity contribution >= 4 is 23.4 Å². The van der Waals surface area contributed by atoms with Gasteiger partial charge >= 0.3 is 0 Å². The van der Waals surface area contributed by atoms with Gasteiger partial charge in [-0.1, -0.05) is 35.5 Å². The van der Waals surface area contributed by atoms with Gasteiger partial charge in [0.1, 0.15) is 0 Å². The van der Waals surface area contributed by atoms with Crippen LogP contribution in [-0.2, 0) is 0 Å². The standard InChI is InChI=1S/C14H13ClFN3S/c15-9-3-1-2-8(6-9)12-7-11(16)13-17-14(18-19(12)13)20-10-4-5-10/h1-3,6,10-12H,4-5,7H2. The fourth-order valence-corrected chi connectivity index (χ4v) is 3.69. The summed E-state index contributed by atoms with van der Waals surface area (Å²) in [5, 5.41) is 6.49. The van der Waals surface area contributed by atoms with E-state index in [0.717, 1.165) is 5.56 Å². The van der Waals surface area contributed by atoms with E-state index in [2.05, 4.69) is 10.1 Å². The van der Waals surface area contributed by atoms with E-state index in [-0.39, 0.29) is 6.04 Å². The van der Waals surface area contributed by atoms with E-state index < -0.39 is 6.17 Å². The highest BCUT2D eigenvalue weighted by atomic mass is 35.5. The Balaban J connectivity index is 1.68. The molecule has 1 aromatic heterocycles. The highest BCUT2D eigenvalue weighted by Crippen LogP contribution is 2.43. The van der Waals surface area contributed by atoms with Crippen LogP contribution in [0.2, 0.25) is 5.02 Å². The maximum absolute atomic E-state index is 14.2. The largest absolute Gasteiger partial charge is 0.239 e. The summed E-state index contributed by atoms with van der Waals surface area (Å²) < 4.78 is 15.9. The number of fused-ring (bicyclic) bond motifs is 1. The number of benzene rings is 1. The van der Waals surface area contributed by atoms with Gasteiger partial charge < -0.3 is 0 Å². The third-order valence-corrected chi connectivity index (χ3v) is 5.10. The average Bonchev–Trinajstić information content (AvgIpc) is 3.04. The molecule has 0 amide bonds. The summed E-state index contributed by atoms with van der Waals surface area (Å²) in [5.74, 6) is 0.457.